The van der Waals surface area contributed by atoms with Gasteiger partial charge < -0.3 is 10.2 Å². The van der Waals surface area contributed by atoms with E-state index in [0.29, 0.717) is 16.9 Å². The van der Waals surface area contributed by atoms with Crippen LogP contribution in [0.4, 0.5) is 11.4 Å². The molecule has 0 aliphatic carbocycles. The molecule has 140 valence electrons. The number of benzene rings is 1. The Morgan fingerprint density at radius 1 is 1.26 bits per heavy atom. The Bertz CT molecular complexity index is 981. The molecule has 1 saturated heterocycles. The second kappa shape index (κ2) is 7.62. The highest BCUT2D eigenvalue weighted by atomic mass is 16.2. The molecule has 0 saturated carbocycles. The Morgan fingerprint density at radius 2 is 1.96 bits per heavy atom. The summed E-state index contributed by atoms with van der Waals surface area (Å²) in [5.41, 5.74) is 3.43. The van der Waals surface area contributed by atoms with Gasteiger partial charge in [0, 0.05) is 24.5 Å². The zero-order valence-electron chi connectivity index (χ0n) is 15.9. The monoisotopic (exact) mass is 365 g/mol. The second-order valence-corrected chi connectivity index (χ2v) is 6.90. The summed E-state index contributed by atoms with van der Waals surface area (Å²) >= 11 is 0. The first-order valence-electron chi connectivity index (χ1n) is 9.04. The third-order valence-corrected chi connectivity index (χ3v) is 5.00. The average Bonchev–Trinajstić information content (AvgIpc) is 3.16. The predicted octanol–water partition coefficient (Wildman–Crippen LogP) is 2.28. The first-order valence-corrected chi connectivity index (χ1v) is 9.04. The molecule has 1 aliphatic heterocycles. The van der Waals surface area contributed by atoms with E-state index in [1.807, 2.05) is 25.1 Å². The fourth-order valence-electron chi connectivity index (χ4n) is 3.30. The minimum absolute atomic E-state index is 0.0291. The summed E-state index contributed by atoms with van der Waals surface area (Å²) in [5, 5.41) is 16.1. The third kappa shape index (κ3) is 3.85. The number of aromatic nitrogens is 2. The highest BCUT2D eigenvalue weighted by Crippen LogP contribution is 2.25. The van der Waals surface area contributed by atoms with E-state index in [1.54, 1.807) is 13.8 Å². The van der Waals surface area contributed by atoms with Crippen LogP contribution in [0.2, 0.25) is 0 Å². The number of carbonyl (C=O) groups excluding carboxylic acids is 1. The highest BCUT2D eigenvalue weighted by molar-refractivity contribution is 5.91. The summed E-state index contributed by atoms with van der Waals surface area (Å²) in [7, 11) is 0. The van der Waals surface area contributed by atoms with E-state index in [2.05, 4.69) is 21.4 Å². The molecule has 1 N–H and O–H groups in total. The number of hydrogen-bond acceptors (Lipinski definition) is 5. The van der Waals surface area contributed by atoms with Crippen LogP contribution in [0, 0.1) is 32.1 Å². The largest absolute Gasteiger partial charge is 0.372 e. The van der Waals surface area contributed by atoms with Crippen LogP contribution < -0.4 is 15.8 Å². The number of rotatable bonds is 4. The molecular formula is C20H23N5O2. The number of hydrogen-bond donors (Lipinski definition) is 1. The van der Waals surface area contributed by atoms with E-state index in [4.69, 9.17) is 0 Å². The second-order valence-electron chi connectivity index (χ2n) is 6.90. The molecule has 0 radical (unpaired) electrons. The Hall–Kier alpha value is -3.14. The van der Waals surface area contributed by atoms with Crippen LogP contribution in [-0.4, -0.2) is 28.8 Å². The van der Waals surface area contributed by atoms with Gasteiger partial charge in [0.1, 0.15) is 18.2 Å². The smallest absolute Gasteiger partial charge is 0.285 e. The summed E-state index contributed by atoms with van der Waals surface area (Å²) in [6, 6.07) is 7.85. The van der Waals surface area contributed by atoms with Crippen molar-refractivity contribution in [2.75, 3.05) is 23.3 Å². The summed E-state index contributed by atoms with van der Waals surface area (Å²) in [6.45, 7) is 7.23. The molecule has 0 spiro atoms. The highest BCUT2D eigenvalue weighted by Gasteiger charge is 2.16. The van der Waals surface area contributed by atoms with Gasteiger partial charge in [-0.15, -0.1) is 0 Å². The molecule has 1 aromatic carbocycles. The van der Waals surface area contributed by atoms with Crippen LogP contribution in [0.1, 0.15) is 35.2 Å². The van der Waals surface area contributed by atoms with Crippen molar-refractivity contribution in [3.63, 3.8) is 0 Å². The maximum Gasteiger partial charge on any atom is 0.285 e. The van der Waals surface area contributed by atoms with Crippen molar-refractivity contribution in [3.05, 3.63) is 50.9 Å². The minimum Gasteiger partial charge on any atom is -0.372 e. The number of nitrogens with one attached hydrogen (secondary N) is 1. The van der Waals surface area contributed by atoms with Gasteiger partial charge in [-0.25, -0.2) is 4.68 Å². The molecule has 7 heteroatoms. The lowest BCUT2D eigenvalue weighted by Gasteiger charge is -2.19. The van der Waals surface area contributed by atoms with E-state index >= 15 is 0 Å². The van der Waals surface area contributed by atoms with Crippen molar-refractivity contribution in [1.29, 1.82) is 5.26 Å². The molecule has 2 heterocycles. The van der Waals surface area contributed by atoms with Crippen molar-refractivity contribution in [2.45, 2.75) is 40.2 Å². The number of nitrogens with zero attached hydrogens (tertiary/aromatic N) is 4. The molecule has 0 atom stereocenters. The van der Waals surface area contributed by atoms with E-state index in [1.165, 1.54) is 12.8 Å². The van der Waals surface area contributed by atoms with Crippen molar-refractivity contribution in [3.8, 4) is 6.07 Å². The zero-order valence-corrected chi connectivity index (χ0v) is 15.9. The molecule has 1 fully saturated rings. The standard InChI is InChI=1S/C20H23N5O2/c1-13-10-16(24-8-4-5-9-24)6-7-18(13)22-19(26)12-25-20(27)17(11-21)14(2)15(3)23-25/h6-7,10H,4-5,8-9,12H2,1-3H3,(H,22,26). The number of amides is 1. The molecule has 0 unspecified atom stereocenters. The number of anilines is 2. The summed E-state index contributed by atoms with van der Waals surface area (Å²) in [5.74, 6) is -0.353. The Morgan fingerprint density at radius 3 is 2.59 bits per heavy atom. The predicted molar refractivity (Wildman–Crippen MR) is 104 cm³/mol. The number of aryl methyl sites for hydroxylation is 2. The van der Waals surface area contributed by atoms with E-state index < -0.39 is 5.56 Å². The van der Waals surface area contributed by atoms with Gasteiger partial charge in [-0.3, -0.25) is 9.59 Å². The van der Waals surface area contributed by atoms with E-state index in [9.17, 15) is 14.9 Å². The fourth-order valence-corrected chi connectivity index (χ4v) is 3.30. The molecular weight excluding hydrogens is 342 g/mol. The van der Waals surface area contributed by atoms with Crippen molar-refractivity contribution < 1.29 is 4.79 Å². The third-order valence-electron chi connectivity index (χ3n) is 5.00. The van der Waals surface area contributed by atoms with Gasteiger partial charge in [0.2, 0.25) is 5.91 Å². The Balaban J connectivity index is 1.76. The lowest BCUT2D eigenvalue weighted by Crippen LogP contribution is -2.32. The van der Waals surface area contributed by atoms with E-state index in [-0.39, 0.29) is 18.0 Å². The van der Waals surface area contributed by atoms with Gasteiger partial charge in [0.15, 0.2) is 0 Å². The van der Waals surface area contributed by atoms with Crippen LogP contribution >= 0.6 is 0 Å². The van der Waals surface area contributed by atoms with Crippen LogP contribution in [0.25, 0.3) is 0 Å². The van der Waals surface area contributed by atoms with Crippen molar-refractivity contribution >= 4 is 17.3 Å². The Labute approximate surface area is 158 Å². The van der Waals surface area contributed by atoms with Gasteiger partial charge in [-0.1, -0.05) is 0 Å². The van der Waals surface area contributed by atoms with Crippen LogP contribution in [-0.2, 0) is 11.3 Å². The maximum atomic E-state index is 12.4. The average molecular weight is 365 g/mol. The van der Waals surface area contributed by atoms with Crippen LogP contribution in [0.5, 0.6) is 0 Å². The first-order chi connectivity index (χ1) is 12.9. The fraction of sp³-hybridized carbons (Fsp3) is 0.400. The molecule has 2 aromatic rings. The molecule has 7 nitrogen and oxygen atoms in total. The summed E-state index contributed by atoms with van der Waals surface area (Å²) in [6.07, 6.45) is 2.42. The van der Waals surface area contributed by atoms with Crippen molar-refractivity contribution in [1.82, 2.24) is 9.78 Å². The van der Waals surface area contributed by atoms with Gasteiger partial charge in [0.05, 0.1) is 5.69 Å². The van der Waals surface area contributed by atoms with Crippen LogP contribution in [0.15, 0.2) is 23.0 Å². The van der Waals surface area contributed by atoms with Gasteiger partial charge in [0.25, 0.3) is 5.56 Å². The summed E-state index contributed by atoms with van der Waals surface area (Å²) < 4.78 is 1.05. The summed E-state index contributed by atoms with van der Waals surface area (Å²) in [4.78, 5) is 27.1. The lowest BCUT2D eigenvalue weighted by molar-refractivity contribution is -0.117. The zero-order chi connectivity index (χ0) is 19.6. The van der Waals surface area contributed by atoms with Gasteiger partial charge in [-0.2, -0.15) is 10.4 Å². The lowest BCUT2D eigenvalue weighted by atomic mass is 10.1. The quantitative estimate of drug-likeness (QED) is 0.897. The molecule has 27 heavy (non-hydrogen) atoms. The Kier molecular flexibility index (Phi) is 5.26. The minimum atomic E-state index is -0.545. The first kappa shape index (κ1) is 18.6. The van der Waals surface area contributed by atoms with E-state index in [0.717, 1.165) is 29.0 Å². The van der Waals surface area contributed by atoms with Crippen molar-refractivity contribution in [2.24, 2.45) is 0 Å². The molecule has 1 aliphatic rings. The number of nitriles is 1. The topological polar surface area (TPSA) is 91.0 Å². The number of carbonyl (C=O) groups is 1. The molecule has 1 aromatic heterocycles. The SMILES string of the molecule is Cc1cc(N2CCCC2)ccc1NC(=O)Cn1nc(C)c(C)c(C#N)c1=O. The molecule has 0 bridgehead atoms. The normalized spacial score (nSPS) is 13.5. The van der Waals surface area contributed by atoms with Gasteiger partial charge >= 0.3 is 0 Å². The maximum absolute atomic E-state index is 12.4. The van der Waals surface area contributed by atoms with Crippen LogP contribution in [0.3, 0.4) is 0 Å². The molecule has 1 amide bonds. The molecule has 3 rings (SSSR count). The van der Waals surface area contributed by atoms with Gasteiger partial charge in [-0.05, 0) is 62.9 Å².